The van der Waals surface area contributed by atoms with Crippen molar-refractivity contribution in [2.45, 2.75) is 51.5 Å². The molecule has 0 spiro atoms. The molecular formula is C23H22N8O. The Morgan fingerprint density at radius 1 is 1.12 bits per heavy atom. The lowest BCUT2D eigenvalue weighted by atomic mass is 9.72. The SMILES string of the molecule is Cc1cnc([C@H]2CC[C@@H]2c2nc3c(c(C#N)nn3[C@@H](C)c3ccc(C)nc3)c(=O)[nH]2)nc1. The highest BCUT2D eigenvalue weighted by Crippen LogP contribution is 2.46. The number of rotatable bonds is 4. The molecule has 9 nitrogen and oxygen atoms in total. The van der Waals surface area contributed by atoms with Crippen molar-refractivity contribution in [2.75, 3.05) is 0 Å². The monoisotopic (exact) mass is 426 g/mol. The molecule has 4 heterocycles. The van der Waals surface area contributed by atoms with E-state index in [1.807, 2.05) is 51.4 Å². The van der Waals surface area contributed by atoms with Crippen LogP contribution in [0, 0.1) is 25.2 Å². The van der Waals surface area contributed by atoms with Gasteiger partial charge in [0.15, 0.2) is 11.3 Å². The van der Waals surface area contributed by atoms with E-state index in [-0.39, 0.29) is 34.5 Å². The van der Waals surface area contributed by atoms with Crippen LogP contribution in [-0.4, -0.2) is 34.7 Å². The summed E-state index contributed by atoms with van der Waals surface area (Å²) in [6.45, 7) is 5.83. The lowest BCUT2D eigenvalue weighted by Gasteiger charge is -2.34. The number of nitrogens with one attached hydrogen (secondary N) is 1. The van der Waals surface area contributed by atoms with E-state index in [0.29, 0.717) is 11.5 Å². The van der Waals surface area contributed by atoms with Crippen molar-refractivity contribution in [3.8, 4) is 6.07 Å². The van der Waals surface area contributed by atoms with E-state index >= 15 is 0 Å². The fourth-order valence-electron chi connectivity index (χ4n) is 4.18. The van der Waals surface area contributed by atoms with Gasteiger partial charge >= 0.3 is 0 Å². The number of fused-ring (bicyclic) bond motifs is 1. The van der Waals surface area contributed by atoms with Crippen LogP contribution in [0.2, 0.25) is 0 Å². The molecule has 4 aromatic rings. The lowest BCUT2D eigenvalue weighted by Crippen LogP contribution is -2.28. The number of pyridine rings is 1. The normalized spacial score (nSPS) is 18.8. The third-order valence-corrected chi connectivity index (χ3v) is 6.23. The summed E-state index contributed by atoms with van der Waals surface area (Å²) in [5.74, 6) is 1.46. The first-order valence-electron chi connectivity index (χ1n) is 10.6. The van der Waals surface area contributed by atoms with Crippen LogP contribution in [-0.2, 0) is 0 Å². The Kier molecular flexibility index (Phi) is 4.78. The lowest BCUT2D eigenvalue weighted by molar-refractivity contribution is 0.318. The first kappa shape index (κ1) is 20.0. The van der Waals surface area contributed by atoms with Crippen LogP contribution in [0.3, 0.4) is 0 Å². The summed E-state index contributed by atoms with van der Waals surface area (Å²) >= 11 is 0. The molecule has 160 valence electrons. The third kappa shape index (κ3) is 3.24. The Hall–Kier alpha value is -3.93. The molecule has 0 aromatic carbocycles. The van der Waals surface area contributed by atoms with Crippen molar-refractivity contribution in [3.63, 3.8) is 0 Å². The Labute approximate surface area is 184 Å². The number of aromatic nitrogens is 7. The van der Waals surface area contributed by atoms with Crippen LogP contribution >= 0.6 is 0 Å². The summed E-state index contributed by atoms with van der Waals surface area (Å²) in [4.78, 5) is 34.0. The van der Waals surface area contributed by atoms with Crippen LogP contribution in [0.5, 0.6) is 0 Å². The van der Waals surface area contributed by atoms with E-state index in [1.54, 1.807) is 10.9 Å². The summed E-state index contributed by atoms with van der Waals surface area (Å²) < 4.78 is 1.65. The van der Waals surface area contributed by atoms with E-state index in [1.165, 1.54) is 0 Å². The molecule has 1 aliphatic rings. The summed E-state index contributed by atoms with van der Waals surface area (Å²) in [6, 6.07) is 5.69. The fourth-order valence-corrected chi connectivity index (χ4v) is 4.18. The molecule has 0 radical (unpaired) electrons. The molecule has 0 unspecified atom stereocenters. The van der Waals surface area contributed by atoms with Crippen molar-refractivity contribution in [3.05, 3.63) is 75.2 Å². The number of hydrogen-bond donors (Lipinski definition) is 1. The maximum absolute atomic E-state index is 13.0. The average Bonchev–Trinajstić information content (AvgIpc) is 3.14. The zero-order chi connectivity index (χ0) is 22.4. The maximum Gasteiger partial charge on any atom is 0.263 e. The molecule has 0 bridgehead atoms. The first-order valence-corrected chi connectivity index (χ1v) is 10.6. The number of hydrogen-bond acceptors (Lipinski definition) is 7. The highest BCUT2D eigenvalue weighted by molar-refractivity contribution is 5.80. The molecule has 1 N–H and O–H groups in total. The van der Waals surface area contributed by atoms with Crippen molar-refractivity contribution >= 4 is 11.0 Å². The van der Waals surface area contributed by atoms with Crippen LogP contribution < -0.4 is 5.56 Å². The van der Waals surface area contributed by atoms with Gasteiger partial charge < -0.3 is 4.98 Å². The number of aromatic amines is 1. The molecule has 4 aromatic heterocycles. The van der Waals surface area contributed by atoms with Gasteiger partial charge in [-0.15, -0.1) is 0 Å². The van der Waals surface area contributed by atoms with Gasteiger partial charge in [0.2, 0.25) is 0 Å². The predicted molar refractivity (Wildman–Crippen MR) is 117 cm³/mol. The van der Waals surface area contributed by atoms with Crippen molar-refractivity contribution in [2.24, 2.45) is 0 Å². The molecule has 1 fully saturated rings. The standard InChI is InChI=1S/C23H22N8O/c1-12-9-26-20(27-10-12)16-6-7-17(16)21-28-22-19(23(32)29-21)18(8-24)30-31(22)14(3)15-5-4-13(2)25-11-15/h4-5,9-11,14,16-17H,6-7H2,1-3H3,(H,28,29,32)/t14-,16-,17-/m0/s1. The summed E-state index contributed by atoms with van der Waals surface area (Å²) in [6.07, 6.45) is 7.21. The Balaban J connectivity index is 1.60. The zero-order valence-corrected chi connectivity index (χ0v) is 18.1. The van der Waals surface area contributed by atoms with Crippen LogP contribution in [0.15, 0.2) is 35.5 Å². The highest BCUT2D eigenvalue weighted by Gasteiger charge is 2.38. The number of H-pyrrole nitrogens is 1. The van der Waals surface area contributed by atoms with Gasteiger partial charge in [-0.05, 0) is 50.8 Å². The number of nitriles is 1. The molecule has 5 rings (SSSR count). The Bertz CT molecular complexity index is 1400. The topological polar surface area (TPSA) is 126 Å². The van der Waals surface area contributed by atoms with E-state index < -0.39 is 0 Å². The van der Waals surface area contributed by atoms with Gasteiger partial charge in [0.25, 0.3) is 5.56 Å². The smallest absolute Gasteiger partial charge is 0.263 e. The largest absolute Gasteiger partial charge is 0.310 e. The zero-order valence-electron chi connectivity index (χ0n) is 18.1. The van der Waals surface area contributed by atoms with Gasteiger partial charge in [0.05, 0.1) is 6.04 Å². The first-order chi connectivity index (χ1) is 15.5. The minimum Gasteiger partial charge on any atom is -0.310 e. The van der Waals surface area contributed by atoms with Gasteiger partial charge in [-0.25, -0.2) is 19.6 Å². The summed E-state index contributed by atoms with van der Waals surface area (Å²) in [5.41, 5.74) is 2.96. The van der Waals surface area contributed by atoms with Crippen molar-refractivity contribution in [1.29, 1.82) is 5.26 Å². The molecule has 0 aliphatic heterocycles. The highest BCUT2D eigenvalue weighted by atomic mass is 16.1. The second-order valence-electron chi connectivity index (χ2n) is 8.37. The second kappa shape index (κ2) is 7.64. The summed E-state index contributed by atoms with van der Waals surface area (Å²) in [5, 5.41) is 14.2. The van der Waals surface area contributed by atoms with Gasteiger partial charge in [-0.2, -0.15) is 10.4 Å². The number of nitrogens with zero attached hydrogens (tertiary/aromatic N) is 7. The fraction of sp³-hybridized carbons (Fsp3) is 0.348. The van der Waals surface area contributed by atoms with E-state index in [2.05, 4.69) is 25.0 Å². The summed E-state index contributed by atoms with van der Waals surface area (Å²) in [7, 11) is 0. The molecule has 0 saturated heterocycles. The predicted octanol–water partition coefficient (Wildman–Crippen LogP) is 3.06. The molecule has 3 atom stereocenters. The molecule has 1 aliphatic carbocycles. The Morgan fingerprint density at radius 2 is 1.88 bits per heavy atom. The van der Waals surface area contributed by atoms with Gasteiger partial charge in [0.1, 0.15) is 23.1 Å². The van der Waals surface area contributed by atoms with E-state index in [4.69, 9.17) is 4.98 Å². The van der Waals surface area contributed by atoms with Crippen LogP contribution in [0.25, 0.3) is 11.0 Å². The van der Waals surface area contributed by atoms with Crippen LogP contribution in [0.1, 0.15) is 71.8 Å². The maximum atomic E-state index is 13.0. The third-order valence-electron chi connectivity index (χ3n) is 6.23. The molecule has 32 heavy (non-hydrogen) atoms. The van der Waals surface area contributed by atoms with Gasteiger partial charge in [-0.1, -0.05) is 6.07 Å². The quantitative estimate of drug-likeness (QED) is 0.531. The van der Waals surface area contributed by atoms with E-state index in [0.717, 1.165) is 35.5 Å². The van der Waals surface area contributed by atoms with Gasteiger partial charge in [0, 0.05) is 36.1 Å². The second-order valence-corrected chi connectivity index (χ2v) is 8.37. The molecule has 0 amide bonds. The minimum absolute atomic E-state index is 0.0139. The minimum atomic E-state index is -0.350. The molecule has 9 heteroatoms. The average molecular weight is 426 g/mol. The molecule has 1 saturated carbocycles. The van der Waals surface area contributed by atoms with Crippen LogP contribution in [0.4, 0.5) is 0 Å². The Morgan fingerprint density at radius 3 is 2.50 bits per heavy atom. The van der Waals surface area contributed by atoms with Gasteiger partial charge in [-0.3, -0.25) is 9.78 Å². The molecular weight excluding hydrogens is 404 g/mol. The van der Waals surface area contributed by atoms with Crippen molar-refractivity contribution in [1.82, 2.24) is 34.7 Å². The van der Waals surface area contributed by atoms with E-state index in [9.17, 15) is 10.1 Å². The van der Waals surface area contributed by atoms with Crippen molar-refractivity contribution < 1.29 is 0 Å². The number of aryl methyl sites for hydroxylation is 2.